The van der Waals surface area contributed by atoms with E-state index >= 15 is 0 Å². The Labute approximate surface area is 110 Å². The summed E-state index contributed by atoms with van der Waals surface area (Å²) in [5.41, 5.74) is 4.98. The maximum Gasteiger partial charge on any atom is 0.240 e. The summed E-state index contributed by atoms with van der Waals surface area (Å²) in [6, 6.07) is 0. The van der Waals surface area contributed by atoms with Gasteiger partial charge in [0, 0.05) is 6.61 Å². The second-order valence-corrected chi connectivity index (χ2v) is 5.78. The zero-order chi connectivity index (χ0) is 13.0. The molecular formula is C14H26N2O2. The van der Waals surface area contributed by atoms with Crippen molar-refractivity contribution in [2.75, 3.05) is 19.8 Å². The van der Waals surface area contributed by atoms with E-state index < -0.39 is 5.54 Å². The number of nitrogens with two attached hydrogens (primary N) is 1. The predicted molar refractivity (Wildman–Crippen MR) is 71.1 cm³/mol. The Balaban J connectivity index is 1.78. The van der Waals surface area contributed by atoms with Gasteiger partial charge in [-0.2, -0.15) is 0 Å². The summed E-state index contributed by atoms with van der Waals surface area (Å²) in [5.74, 6) is 0.974. The predicted octanol–water partition coefficient (Wildman–Crippen LogP) is 1.44. The Hall–Kier alpha value is -0.610. The lowest BCUT2D eigenvalue weighted by Crippen LogP contribution is -2.60. The van der Waals surface area contributed by atoms with Crippen molar-refractivity contribution in [1.82, 2.24) is 5.32 Å². The number of carbonyl (C=O) groups excluding carboxylic acids is 1. The van der Waals surface area contributed by atoms with Gasteiger partial charge in [-0.05, 0) is 37.6 Å². The van der Waals surface area contributed by atoms with Crippen molar-refractivity contribution >= 4 is 5.91 Å². The molecule has 4 nitrogen and oxygen atoms in total. The minimum absolute atomic E-state index is 0.254. The van der Waals surface area contributed by atoms with Crippen LogP contribution in [-0.4, -0.2) is 31.2 Å². The molecule has 2 aliphatic rings. The lowest BCUT2D eigenvalue weighted by Gasteiger charge is -2.32. The molecular weight excluding hydrogens is 228 g/mol. The molecule has 0 aromatic rings. The summed E-state index contributed by atoms with van der Waals surface area (Å²) >= 11 is 0. The monoisotopic (exact) mass is 254 g/mol. The molecule has 1 amide bonds. The quantitative estimate of drug-likeness (QED) is 0.612. The largest absolute Gasteiger partial charge is 0.379 e. The molecule has 0 spiro atoms. The number of rotatable bonds is 9. The fourth-order valence-corrected chi connectivity index (χ4v) is 2.83. The zero-order valence-corrected chi connectivity index (χ0v) is 11.4. The van der Waals surface area contributed by atoms with Gasteiger partial charge in [0.05, 0.1) is 6.61 Å². The van der Waals surface area contributed by atoms with Crippen LogP contribution in [0, 0.1) is 11.8 Å². The molecule has 2 aliphatic carbocycles. The molecule has 0 radical (unpaired) electrons. The molecule has 0 heterocycles. The van der Waals surface area contributed by atoms with E-state index in [1.807, 2.05) is 6.92 Å². The van der Waals surface area contributed by atoms with Crippen LogP contribution in [0.4, 0.5) is 0 Å². The Morgan fingerprint density at radius 1 is 1.39 bits per heavy atom. The Bertz CT molecular complexity index is 288. The Morgan fingerprint density at radius 3 is 2.56 bits per heavy atom. The third kappa shape index (κ3) is 3.04. The molecule has 2 saturated carbocycles. The molecule has 1 unspecified atom stereocenters. The number of hydrogen-bond acceptors (Lipinski definition) is 3. The van der Waals surface area contributed by atoms with E-state index in [4.69, 9.17) is 10.5 Å². The van der Waals surface area contributed by atoms with Crippen LogP contribution >= 0.6 is 0 Å². The third-order valence-corrected chi connectivity index (χ3v) is 4.43. The van der Waals surface area contributed by atoms with Crippen molar-refractivity contribution in [3.05, 3.63) is 0 Å². The standard InChI is InChI=1S/C14H26N2O2/c1-2-16-14(13(15)17,12-6-7-12)10-18-9-8-11-4-3-5-11/h11-12,16H,2-10H2,1H3,(H2,15,17). The van der Waals surface area contributed by atoms with Gasteiger partial charge in [-0.1, -0.05) is 26.2 Å². The molecule has 0 aliphatic heterocycles. The number of ether oxygens (including phenoxy) is 1. The van der Waals surface area contributed by atoms with Gasteiger partial charge in [0.15, 0.2) is 0 Å². The van der Waals surface area contributed by atoms with Gasteiger partial charge in [-0.15, -0.1) is 0 Å². The van der Waals surface area contributed by atoms with Crippen LogP contribution in [0.1, 0.15) is 45.4 Å². The highest BCUT2D eigenvalue weighted by Gasteiger charge is 2.49. The van der Waals surface area contributed by atoms with Crippen LogP contribution in [0.3, 0.4) is 0 Å². The third-order valence-electron chi connectivity index (χ3n) is 4.43. The van der Waals surface area contributed by atoms with Gasteiger partial charge in [-0.25, -0.2) is 0 Å². The molecule has 0 aromatic carbocycles. The molecule has 1 atom stereocenters. The zero-order valence-electron chi connectivity index (χ0n) is 11.4. The maximum atomic E-state index is 11.8. The average molecular weight is 254 g/mol. The lowest BCUT2D eigenvalue weighted by molar-refractivity contribution is -0.128. The van der Waals surface area contributed by atoms with Crippen LogP contribution in [0.15, 0.2) is 0 Å². The number of hydrogen-bond donors (Lipinski definition) is 2. The second kappa shape index (κ2) is 6.02. The molecule has 2 rings (SSSR count). The van der Waals surface area contributed by atoms with E-state index in [0.717, 1.165) is 38.3 Å². The van der Waals surface area contributed by atoms with Crippen LogP contribution in [0.2, 0.25) is 0 Å². The molecule has 104 valence electrons. The molecule has 0 bridgehead atoms. The first-order chi connectivity index (χ1) is 8.69. The van der Waals surface area contributed by atoms with Crippen LogP contribution < -0.4 is 11.1 Å². The molecule has 0 aromatic heterocycles. The SMILES string of the molecule is CCNC(COCCC1CCC1)(C(N)=O)C1CC1. The number of carbonyl (C=O) groups is 1. The second-order valence-electron chi connectivity index (χ2n) is 5.78. The van der Waals surface area contributed by atoms with Crippen molar-refractivity contribution in [3.63, 3.8) is 0 Å². The van der Waals surface area contributed by atoms with Gasteiger partial charge in [0.1, 0.15) is 5.54 Å². The van der Waals surface area contributed by atoms with Crippen LogP contribution in [-0.2, 0) is 9.53 Å². The summed E-state index contributed by atoms with van der Waals surface area (Å²) in [6.45, 7) is 3.96. The van der Waals surface area contributed by atoms with Gasteiger partial charge in [0.2, 0.25) is 5.91 Å². The first-order valence-electron chi connectivity index (χ1n) is 7.31. The van der Waals surface area contributed by atoms with E-state index in [1.165, 1.54) is 19.3 Å². The van der Waals surface area contributed by atoms with Crippen LogP contribution in [0.5, 0.6) is 0 Å². The summed E-state index contributed by atoms with van der Waals surface area (Å²) in [5, 5.41) is 3.27. The van der Waals surface area contributed by atoms with Gasteiger partial charge < -0.3 is 15.8 Å². The van der Waals surface area contributed by atoms with Crippen molar-refractivity contribution < 1.29 is 9.53 Å². The van der Waals surface area contributed by atoms with Crippen molar-refractivity contribution in [3.8, 4) is 0 Å². The topological polar surface area (TPSA) is 64.3 Å². The lowest BCUT2D eigenvalue weighted by atomic mass is 9.83. The van der Waals surface area contributed by atoms with Gasteiger partial charge in [-0.3, -0.25) is 4.79 Å². The van der Waals surface area contributed by atoms with Crippen molar-refractivity contribution in [2.24, 2.45) is 17.6 Å². The molecule has 18 heavy (non-hydrogen) atoms. The minimum atomic E-state index is -0.617. The van der Waals surface area contributed by atoms with E-state index in [2.05, 4.69) is 5.32 Å². The normalized spacial score (nSPS) is 23.4. The van der Waals surface area contributed by atoms with Gasteiger partial charge in [0.25, 0.3) is 0 Å². The molecule has 0 saturated heterocycles. The molecule has 4 heteroatoms. The highest BCUT2D eigenvalue weighted by molar-refractivity contribution is 5.85. The number of amides is 1. The molecule has 3 N–H and O–H groups in total. The van der Waals surface area contributed by atoms with E-state index in [-0.39, 0.29) is 5.91 Å². The van der Waals surface area contributed by atoms with Crippen molar-refractivity contribution in [1.29, 1.82) is 0 Å². The van der Waals surface area contributed by atoms with Crippen molar-refractivity contribution in [2.45, 2.75) is 51.0 Å². The summed E-state index contributed by atoms with van der Waals surface area (Å²) < 4.78 is 5.76. The summed E-state index contributed by atoms with van der Waals surface area (Å²) in [6.07, 6.45) is 7.37. The first kappa shape index (κ1) is 13.8. The van der Waals surface area contributed by atoms with Crippen LogP contribution in [0.25, 0.3) is 0 Å². The Morgan fingerprint density at radius 2 is 2.11 bits per heavy atom. The van der Waals surface area contributed by atoms with Gasteiger partial charge >= 0.3 is 0 Å². The fourth-order valence-electron chi connectivity index (χ4n) is 2.83. The first-order valence-corrected chi connectivity index (χ1v) is 7.31. The number of primary amides is 1. The Kier molecular flexibility index (Phi) is 4.62. The smallest absolute Gasteiger partial charge is 0.240 e. The highest BCUT2D eigenvalue weighted by Crippen LogP contribution is 2.40. The minimum Gasteiger partial charge on any atom is -0.379 e. The summed E-state index contributed by atoms with van der Waals surface area (Å²) in [7, 11) is 0. The maximum absolute atomic E-state index is 11.8. The highest BCUT2D eigenvalue weighted by atomic mass is 16.5. The molecule has 2 fully saturated rings. The fraction of sp³-hybridized carbons (Fsp3) is 0.929. The van der Waals surface area contributed by atoms with E-state index in [9.17, 15) is 4.79 Å². The average Bonchev–Trinajstić information content (AvgIpc) is 3.08. The van der Waals surface area contributed by atoms with E-state index in [0.29, 0.717) is 12.5 Å². The van der Waals surface area contributed by atoms with E-state index in [1.54, 1.807) is 0 Å². The summed E-state index contributed by atoms with van der Waals surface area (Å²) in [4.78, 5) is 11.8. The number of likely N-dealkylation sites (N-methyl/N-ethyl adjacent to an activating group) is 1. The number of nitrogens with one attached hydrogen (secondary N) is 1.